The van der Waals surface area contributed by atoms with Crippen molar-refractivity contribution in [1.82, 2.24) is 19.8 Å². The number of hydrogen-bond acceptors (Lipinski definition) is 6. The summed E-state index contributed by atoms with van der Waals surface area (Å²) < 4.78 is 20.6. The number of nitrogens with one attached hydrogen (secondary N) is 1. The van der Waals surface area contributed by atoms with Crippen molar-refractivity contribution in [3.63, 3.8) is 0 Å². The number of rotatable bonds is 4. The van der Waals surface area contributed by atoms with Crippen LogP contribution in [0.25, 0.3) is 0 Å². The molecule has 0 spiro atoms. The summed E-state index contributed by atoms with van der Waals surface area (Å²) in [6.07, 6.45) is 0. The second-order valence-electron chi connectivity index (χ2n) is 7.97. The Morgan fingerprint density at radius 3 is 2.87 bits per heavy atom. The summed E-state index contributed by atoms with van der Waals surface area (Å²) in [5.74, 6) is 4.22. The predicted octanol–water partition coefficient (Wildman–Crippen LogP) is 1.20. The highest BCUT2D eigenvalue weighted by Gasteiger charge is 2.34. The number of benzene rings is 1. The second-order valence-corrected chi connectivity index (χ2v) is 7.97. The molecule has 0 saturated heterocycles. The topological polar surface area (TPSA) is 96.7 Å². The highest BCUT2D eigenvalue weighted by molar-refractivity contribution is 5.94. The SMILES string of the molecule is CN(C)CC#Cc1cc(F)ccc1CNC(=O)c1nc2n(c(=O)c1O)CCOC2(C)C. The minimum Gasteiger partial charge on any atom is -0.501 e. The molecule has 1 aliphatic heterocycles. The van der Waals surface area contributed by atoms with Crippen molar-refractivity contribution in [3.8, 4) is 17.6 Å². The summed E-state index contributed by atoms with van der Waals surface area (Å²) in [5.41, 5.74) is -0.911. The molecule has 0 bridgehead atoms. The summed E-state index contributed by atoms with van der Waals surface area (Å²) in [6, 6.07) is 4.10. The van der Waals surface area contributed by atoms with E-state index in [0.29, 0.717) is 24.3 Å². The summed E-state index contributed by atoms with van der Waals surface area (Å²) in [4.78, 5) is 31.4. The van der Waals surface area contributed by atoms with E-state index in [1.165, 1.54) is 22.8 Å². The molecule has 0 atom stereocenters. The lowest BCUT2D eigenvalue weighted by Gasteiger charge is -2.32. The van der Waals surface area contributed by atoms with Crippen LogP contribution in [0.15, 0.2) is 23.0 Å². The molecule has 0 saturated carbocycles. The zero-order valence-corrected chi connectivity index (χ0v) is 18.0. The molecule has 9 heteroatoms. The normalized spacial score (nSPS) is 14.5. The van der Waals surface area contributed by atoms with Gasteiger partial charge in [-0.2, -0.15) is 0 Å². The molecule has 0 aliphatic carbocycles. The van der Waals surface area contributed by atoms with Crippen LogP contribution in [-0.2, 0) is 23.4 Å². The Kier molecular flexibility index (Phi) is 6.43. The average Bonchev–Trinajstić information content (AvgIpc) is 2.69. The number of hydrogen-bond donors (Lipinski definition) is 2. The lowest BCUT2D eigenvalue weighted by atomic mass is 10.1. The molecule has 2 heterocycles. The van der Waals surface area contributed by atoms with E-state index in [4.69, 9.17) is 4.74 Å². The zero-order chi connectivity index (χ0) is 22.8. The Hall–Kier alpha value is -3.22. The number of amides is 1. The molecule has 3 rings (SSSR count). The van der Waals surface area contributed by atoms with Crippen LogP contribution in [0.5, 0.6) is 5.75 Å². The molecule has 0 fully saturated rings. The van der Waals surface area contributed by atoms with Crippen molar-refractivity contribution >= 4 is 5.91 Å². The van der Waals surface area contributed by atoms with Gasteiger partial charge in [-0.3, -0.25) is 19.1 Å². The zero-order valence-electron chi connectivity index (χ0n) is 18.0. The van der Waals surface area contributed by atoms with E-state index in [0.717, 1.165) is 0 Å². The number of halogens is 1. The van der Waals surface area contributed by atoms with Crippen molar-refractivity contribution in [3.05, 3.63) is 57.0 Å². The molecule has 8 nitrogen and oxygen atoms in total. The van der Waals surface area contributed by atoms with Crippen LogP contribution in [0.3, 0.4) is 0 Å². The standard InChI is InChI=1S/C22H25FN4O4/c1-22(2)21-25-17(18(28)20(30)27(21)10-11-31-22)19(29)24-13-15-7-8-16(23)12-14(15)6-5-9-26(3)4/h7-8,12,28H,9-11,13H2,1-4H3,(H,24,29). The number of ether oxygens (including phenoxy) is 1. The maximum atomic E-state index is 13.7. The molecule has 0 unspecified atom stereocenters. The van der Waals surface area contributed by atoms with E-state index in [1.54, 1.807) is 13.8 Å². The van der Waals surface area contributed by atoms with Crippen LogP contribution in [0.4, 0.5) is 4.39 Å². The van der Waals surface area contributed by atoms with Crippen molar-refractivity contribution in [2.24, 2.45) is 0 Å². The Morgan fingerprint density at radius 2 is 2.16 bits per heavy atom. The lowest BCUT2D eigenvalue weighted by molar-refractivity contribution is -0.0566. The highest BCUT2D eigenvalue weighted by atomic mass is 19.1. The van der Waals surface area contributed by atoms with Gasteiger partial charge < -0.3 is 15.2 Å². The van der Waals surface area contributed by atoms with Crippen LogP contribution in [-0.4, -0.2) is 52.7 Å². The average molecular weight is 428 g/mol. The van der Waals surface area contributed by atoms with Gasteiger partial charge in [-0.15, -0.1) is 0 Å². The van der Waals surface area contributed by atoms with Gasteiger partial charge in [0.2, 0.25) is 5.75 Å². The molecule has 31 heavy (non-hydrogen) atoms. The van der Waals surface area contributed by atoms with Crippen LogP contribution >= 0.6 is 0 Å². The lowest BCUT2D eigenvalue weighted by Crippen LogP contribution is -2.42. The van der Waals surface area contributed by atoms with E-state index < -0.39 is 28.6 Å². The number of nitrogens with zero attached hydrogens (tertiary/aromatic N) is 3. The quantitative estimate of drug-likeness (QED) is 0.711. The number of fused-ring (bicyclic) bond motifs is 1. The van der Waals surface area contributed by atoms with Gasteiger partial charge in [-0.25, -0.2) is 9.37 Å². The van der Waals surface area contributed by atoms with Gasteiger partial charge in [0.05, 0.1) is 19.7 Å². The molecule has 1 aliphatic rings. The monoisotopic (exact) mass is 428 g/mol. The first kappa shape index (κ1) is 22.5. The first-order valence-electron chi connectivity index (χ1n) is 9.78. The fourth-order valence-electron chi connectivity index (χ4n) is 3.20. The fraction of sp³-hybridized carbons (Fsp3) is 0.409. The molecular formula is C22H25FN4O4. The fourth-order valence-corrected chi connectivity index (χ4v) is 3.20. The third-order valence-corrected chi connectivity index (χ3v) is 4.81. The minimum absolute atomic E-state index is 0.0184. The second kappa shape index (κ2) is 8.88. The van der Waals surface area contributed by atoms with Gasteiger partial charge in [0.15, 0.2) is 5.69 Å². The summed E-state index contributed by atoms with van der Waals surface area (Å²) in [7, 11) is 3.74. The molecule has 2 N–H and O–H groups in total. The van der Waals surface area contributed by atoms with Gasteiger partial charge in [-0.05, 0) is 45.6 Å². The van der Waals surface area contributed by atoms with Crippen molar-refractivity contribution < 1.29 is 19.0 Å². The first-order chi connectivity index (χ1) is 14.6. The maximum Gasteiger partial charge on any atom is 0.296 e. The Bertz CT molecular complexity index is 1130. The van der Waals surface area contributed by atoms with Crippen LogP contribution in [0.1, 0.15) is 41.3 Å². The van der Waals surface area contributed by atoms with E-state index in [9.17, 15) is 19.1 Å². The summed E-state index contributed by atoms with van der Waals surface area (Å²) in [5, 5.41) is 12.9. The van der Waals surface area contributed by atoms with E-state index in [1.807, 2.05) is 19.0 Å². The Balaban J connectivity index is 1.86. The Labute approximate surface area is 179 Å². The number of carbonyl (C=O) groups excluding carboxylic acids is 1. The van der Waals surface area contributed by atoms with Gasteiger partial charge in [0, 0.05) is 12.1 Å². The maximum absolute atomic E-state index is 13.7. The molecule has 0 radical (unpaired) electrons. The summed E-state index contributed by atoms with van der Waals surface area (Å²) >= 11 is 0. The van der Waals surface area contributed by atoms with Crippen LogP contribution in [0, 0.1) is 17.7 Å². The van der Waals surface area contributed by atoms with Crippen molar-refractivity contribution in [2.75, 3.05) is 27.2 Å². The van der Waals surface area contributed by atoms with Crippen molar-refractivity contribution in [1.29, 1.82) is 0 Å². The van der Waals surface area contributed by atoms with Crippen LogP contribution in [0.2, 0.25) is 0 Å². The first-order valence-corrected chi connectivity index (χ1v) is 9.78. The number of carbonyl (C=O) groups is 1. The smallest absolute Gasteiger partial charge is 0.296 e. The third kappa shape index (κ3) is 4.93. The number of aromatic hydroxyl groups is 1. The third-order valence-electron chi connectivity index (χ3n) is 4.81. The minimum atomic E-state index is -0.883. The summed E-state index contributed by atoms with van der Waals surface area (Å²) in [6.45, 7) is 4.53. The molecule has 164 valence electrons. The largest absolute Gasteiger partial charge is 0.501 e. The van der Waals surface area contributed by atoms with Gasteiger partial charge in [-0.1, -0.05) is 17.9 Å². The van der Waals surface area contributed by atoms with E-state index in [-0.39, 0.29) is 24.6 Å². The van der Waals surface area contributed by atoms with Gasteiger partial charge in [0.25, 0.3) is 11.5 Å². The number of aromatic nitrogens is 2. The predicted molar refractivity (Wildman–Crippen MR) is 112 cm³/mol. The molecule has 1 aromatic carbocycles. The van der Waals surface area contributed by atoms with E-state index in [2.05, 4.69) is 22.1 Å². The van der Waals surface area contributed by atoms with Crippen LogP contribution < -0.4 is 10.9 Å². The van der Waals surface area contributed by atoms with Gasteiger partial charge >= 0.3 is 0 Å². The van der Waals surface area contributed by atoms with Crippen molar-refractivity contribution in [2.45, 2.75) is 32.5 Å². The molecule has 2 aromatic rings. The molecule has 1 amide bonds. The Morgan fingerprint density at radius 1 is 1.42 bits per heavy atom. The van der Waals surface area contributed by atoms with E-state index >= 15 is 0 Å². The molecular weight excluding hydrogens is 403 g/mol. The highest BCUT2D eigenvalue weighted by Crippen LogP contribution is 2.27. The molecule has 1 aromatic heterocycles. The van der Waals surface area contributed by atoms with Gasteiger partial charge in [0.1, 0.15) is 17.2 Å².